The van der Waals surface area contributed by atoms with Crippen molar-refractivity contribution in [3.8, 4) is 11.5 Å². The average Bonchev–Trinajstić information content (AvgIpc) is 3.30. The summed E-state index contributed by atoms with van der Waals surface area (Å²) in [6, 6.07) is 9.41. The molecule has 1 amide bonds. The van der Waals surface area contributed by atoms with Crippen LogP contribution >= 0.6 is 0 Å². The summed E-state index contributed by atoms with van der Waals surface area (Å²) >= 11 is 0. The normalized spacial score (nSPS) is 13.8. The largest absolute Gasteiger partial charge is 0.453 e. The lowest BCUT2D eigenvalue weighted by Crippen LogP contribution is -2.46. The molecule has 5 rings (SSSR count). The number of hydrogen-bond acceptors (Lipinski definition) is 8. The highest BCUT2D eigenvalue weighted by atomic mass is 19.1. The molecule has 1 aromatic carbocycles. The van der Waals surface area contributed by atoms with E-state index in [-0.39, 0.29) is 29.1 Å². The highest BCUT2D eigenvalue weighted by molar-refractivity contribution is 5.93. The number of aromatic amines is 1. The van der Waals surface area contributed by atoms with Crippen molar-refractivity contribution in [2.24, 2.45) is 0 Å². The highest BCUT2D eigenvalue weighted by Gasteiger charge is 2.20. The molecule has 4 heterocycles. The van der Waals surface area contributed by atoms with Crippen LogP contribution in [-0.2, 0) is 0 Å². The molecular formula is C22H21FN8O2. The molecule has 0 radical (unpaired) electrons. The van der Waals surface area contributed by atoms with Gasteiger partial charge in [0.15, 0.2) is 11.6 Å². The third-order valence-corrected chi connectivity index (χ3v) is 5.21. The molecule has 1 saturated heterocycles. The zero-order chi connectivity index (χ0) is 22.8. The van der Waals surface area contributed by atoms with Gasteiger partial charge in [-0.2, -0.15) is 4.98 Å². The number of aromatic nitrogens is 4. The Bertz CT molecular complexity index is 1320. The van der Waals surface area contributed by atoms with Gasteiger partial charge in [-0.1, -0.05) is 0 Å². The van der Waals surface area contributed by atoms with E-state index in [0.29, 0.717) is 30.2 Å². The Hall–Kier alpha value is -4.25. The Labute approximate surface area is 188 Å². The number of piperazine rings is 1. The molecule has 0 spiro atoms. The Morgan fingerprint density at radius 1 is 1.12 bits per heavy atom. The van der Waals surface area contributed by atoms with E-state index in [1.807, 2.05) is 6.07 Å². The molecule has 0 unspecified atom stereocenters. The van der Waals surface area contributed by atoms with Crippen LogP contribution in [-0.4, -0.2) is 56.9 Å². The van der Waals surface area contributed by atoms with Gasteiger partial charge in [-0.25, -0.2) is 14.4 Å². The minimum Gasteiger partial charge on any atom is -0.453 e. The summed E-state index contributed by atoms with van der Waals surface area (Å²) in [6.45, 7) is 2.62. The number of halogens is 1. The van der Waals surface area contributed by atoms with Gasteiger partial charge in [0.05, 0.1) is 5.39 Å². The monoisotopic (exact) mass is 448 g/mol. The van der Waals surface area contributed by atoms with Crippen molar-refractivity contribution in [1.82, 2.24) is 30.2 Å². The standard InChI is InChI=1S/C22H21FN8O2/c23-15-11-13(1-2-18(15)33-17-4-6-27-20-14(17)3-5-26-20)28-19-12-16(29-22(24)30-19)21(32)31-9-7-25-8-10-31/h1-6,11-12,25H,7-10H2,(H,26,27)(H3,24,28,29,30). The number of H-pyrrole nitrogens is 1. The van der Waals surface area contributed by atoms with E-state index in [1.165, 1.54) is 18.2 Å². The highest BCUT2D eigenvalue weighted by Crippen LogP contribution is 2.31. The topological polar surface area (TPSA) is 134 Å². The van der Waals surface area contributed by atoms with Crippen LogP contribution in [0.3, 0.4) is 0 Å². The van der Waals surface area contributed by atoms with Crippen LogP contribution < -0.4 is 21.1 Å². The fraction of sp³-hybridized carbons (Fsp3) is 0.182. The molecule has 1 aliphatic rings. The number of hydrogen-bond donors (Lipinski definition) is 4. The Kier molecular flexibility index (Phi) is 5.45. The second-order valence-electron chi connectivity index (χ2n) is 7.46. The second kappa shape index (κ2) is 8.71. The van der Waals surface area contributed by atoms with E-state index < -0.39 is 5.82 Å². The van der Waals surface area contributed by atoms with Crippen molar-refractivity contribution in [3.05, 3.63) is 60.3 Å². The molecule has 4 aromatic rings. The smallest absolute Gasteiger partial charge is 0.272 e. The maximum absolute atomic E-state index is 14.8. The van der Waals surface area contributed by atoms with E-state index in [2.05, 4.69) is 30.6 Å². The quantitative estimate of drug-likeness (QED) is 0.366. The van der Waals surface area contributed by atoms with Gasteiger partial charge in [0.25, 0.3) is 5.91 Å². The van der Waals surface area contributed by atoms with Crippen molar-refractivity contribution in [1.29, 1.82) is 0 Å². The summed E-state index contributed by atoms with van der Waals surface area (Å²) in [5.41, 5.74) is 7.06. The van der Waals surface area contributed by atoms with Gasteiger partial charge in [0.2, 0.25) is 5.95 Å². The first-order valence-corrected chi connectivity index (χ1v) is 10.4. The van der Waals surface area contributed by atoms with Crippen molar-refractivity contribution < 1.29 is 13.9 Å². The molecule has 10 nitrogen and oxygen atoms in total. The van der Waals surface area contributed by atoms with E-state index in [9.17, 15) is 9.18 Å². The molecule has 0 saturated carbocycles. The third kappa shape index (κ3) is 4.39. The number of nitrogens with one attached hydrogen (secondary N) is 3. The molecule has 0 aliphatic carbocycles. The van der Waals surface area contributed by atoms with Crippen molar-refractivity contribution in [2.75, 3.05) is 37.2 Å². The number of carbonyl (C=O) groups excluding carboxylic acids is 1. The Morgan fingerprint density at radius 3 is 2.79 bits per heavy atom. The summed E-state index contributed by atoms with van der Waals surface area (Å²) in [6.07, 6.45) is 3.32. The number of nitrogens with zero attached hydrogens (tertiary/aromatic N) is 4. The predicted molar refractivity (Wildman–Crippen MR) is 121 cm³/mol. The lowest BCUT2D eigenvalue weighted by Gasteiger charge is -2.27. The number of nitrogens with two attached hydrogens (primary N) is 1. The Balaban J connectivity index is 1.34. The van der Waals surface area contributed by atoms with Crippen molar-refractivity contribution >= 4 is 34.4 Å². The number of fused-ring (bicyclic) bond motifs is 1. The fourth-order valence-electron chi connectivity index (χ4n) is 3.62. The molecule has 3 aromatic heterocycles. The summed E-state index contributed by atoms with van der Waals surface area (Å²) in [5.74, 6) is -0.00694. The van der Waals surface area contributed by atoms with E-state index in [1.54, 1.807) is 29.4 Å². The predicted octanol–water partition coefficient (Wildman–Crippen LogP) is 2.66. The van der Waals surface area contributed by atoms with Crippen LogP contribution in [0, 0.1) is 5.82 Å². The molecule has 33 heavy (non-hydrogen) atoms. The van der Waals surface area contributed by atoms with Gasteiger partial charge in [0.1, 0.15) is 22.9 Å². The van der Waals surface area contributed by atoms with Gasteiger partial charge in [-0.3, -0.25) is 4.79 Å². The number of benzene rings is 1. The summed E-state index contributed by atoms with van der Waals surface area (Å²) in [5, 5.41) is 6.92. The maximum Gasteiger partial charge on any atom is 0.272 e. The molecular weight excluding hydrogens is 427 g/mol. The van der Waals surface area contributed by atoms with Crippen LogP contribution in [0.1, 0.15) is 10.5 Å². The minimum absolute atomic E-state index is 0.0490. The number of pyridine rings is 1. The number of anilines is 3. The third-order valence-electron chi connectivity index (χ3n) is 5.21. The summed E-state index contributed by atoms with van der Waals surface area (Å²) in [4.78, 5) is 29.8. The lowest BCUT2D eigenvalue weighted by molar-refractivity contribution is 0.0730. The lowest BCUT2D eigenvalue weighted by atomic mass is 10.2. The molecule has 1 aliphatic heterocycles. The number of ether oxygens (including phenoxy) is 1. The number of rotatable bonds is 5. The Morgan fingerprint density at radius 2 is 1.97 bits per heavy atom. The summed E-state index contributed by atoms with van der Waals surface area (Å²) < 4.78 is 20.5. The van der Waals surface area contributed by atoms with Gasteiger partial charge in [0, 0.05) is 56.4 Å². The van der Waals surface area contributed by atoms with Crippen LogP contribution in [0.5, 0.6) is 11.5 Å². The molecule has 5 N–H and O–H groups in total. The fourth-order valence-corrected chi connectivity index (χ4v) is 3.62. The molecule has 0 atom stereocenters. The second-order valence-corrected chi connectivity index (χ2v) is 7.46. The van der Waals surface area contributed by atoms with Crippen LogP contribution in [0.25, 0.3) is 11.0 Å². The minimum atomic E-state index is -0.570. The van der Waals surface area contributed by atoms with Crippen LogP contribution in [0.15, 0.2) is 48.8 Å². The van der Waals surface area contributed by atoms with Gasteiger partial charge >= 0.3 is 0 Å². The maximum atomic E-state index is 14.8. The van der Waals surface area contributed by atoms with Gasteiger partial charge in [-0.05, 0) is 24.3 Å². The van der Waals surface area contributed by atoms with Crippen molar-refractivity contribution in [2.45, 2.75) is 0 Å². The SMILES string of the molecule is Nc1nc(Nc2ccc(Oc3ccnc4[nH]ccc34)c(F)c2)cc(C(=O)N2CCNCC2)n1. The molecule has 1 fully saturated rings. The van der Waals surface area contributed by atoms with Crippen molar-refractivity contribution in [3.63, 3.8) is 0 Å². The molecule has 0 bridgehead atoms. The zero-order valence-corrected chi connectivity index (χ0v) is 17.5. The van der Waals surface area contributed by atoms with E-state index in [4.69, 9.17) is 10.5 Å². The number of nitrogen functional groups attached to an aromatic ring is 1. The van der Waals surface area contributed by atoms with Gasteiger partial charge < -0.3 is 31.0 Å². The van der Waals surface area contributed by atoms with Gasteiger partial charge in [-0.15, -0.1) is 0 Å². The van der Waals surface area contributed by atoms with Crippen LogP contribution in [0.4, 0.5) is 21.8 Å². The molecule has 11 heteroatoms. The first kappa shape index (κ1) is 20.6. The van der Waals surface area contributed by atoms with Crippen LogP contribution in [0.2, 0.25) is 0 Å². The van der Waals surface area contributed by atoms with E-state index >= 15 is 0 Å². The zero-order valence-electron chi connectivity index (χ0n) is 17.5. The van der Waals surface area contributed by atoms with E-state index in [0.717, 1.165) is 18.5 Å². The average molecular weight is 448 g/mol. The number of carbonyl (C=O) groups is 1. The number of amides is 1. The molecule has 168 valence electrons. The first-order chi connectivity index (χ1) is 16.1. The summed E-state index contributed by atoms with van der Waals surface area (Å²) in [7, 11) is 0. The first-order valence-electron chi connectivity index (χ1n) is 10.4.